The van der Waals surface area contributed by atoms with Crippen LogP contribution in [0.4, 0.5) is 0 Å². The van der Waals surface area contributed by atoms with Crippen molar-refractivity contribution in [3.63, 3.8) is 0 Å². The predicted molar refractivity (Wildman–Crippen MR) is 16.4 cm³/mol. The van der Waals surface area contributed by atoms with E-state index in [0.29, 0.717) is 0 Å². The van der Waals surface area contributed by atoms with Gasteiger partial charge in [-0.1, -0.05) is 0 Å². The molecule has 0 atom stereocenters. The van der Waals surface area contributed by atoms with Gasteiger partial charge in [0.15, 0.2) is 0 Å². The monoisotopic (exact) mass is 174 g/mol. The Kier molecular flexibility index (Phi) is 171. The molecule has 5 nitrogen and oxygen atoms in total. The van der Waals surface area contributed by atoms with E-state index < -0.39 is 9.17 Å². The normalized spacial score (nSPS) is 2.80. The summed E-state index contributed by atoms with van der Waals surface area (Å²) in [5.41, 5.74) is 0. The van der Waals surface area contributed by atoms with Gasteiger partial charge in [0.05, 0.1) is 0 Å². The van der Waals surface area contributed by atoms with Crippen LogP contribution >= 0.6 is 0 Å². The van der Waals surface area contributed by atoms with Gasteiger partial charge in [-0.3, -0.25) is 0 Å². The second kappa shape index (κ2) is 54.8. The fourth-order valence-electron chi connectivity index (χ4n) is 0. The summed E-state index contributed by atoms with van der Waals surface area (Å²) >= 11 is 0. The first-order valence-corrected chi connectivity index (χ1v) is 2.28. The molecule has 0 saturated heterocycles. The van der Waals surface area contributed by atoms with Gasteiger partial charge >= 0.3 is 59.1 Å². The number of hydrogen-bond acceptors (Lipinski definition) is 5. The minimum absolute atomic E-state index is 0. The molecule has 0 aromatic carbocycles. The molecule has 8 heteroatoms. The van der Waals surface area contributed by atoms with Crippen LogP contribution in [0.25, 0.3) is 0 Å². The van der Waals surface area contributed by atoms with Gasteiger partial charge in [-0.2, -0.15) is 0 Å². The molecule has 0 spiro atoms. The Hall–Kier alpha value is 0.597. The molecule has 44 valence electrons. The van der Waals surface area contributed by atoms with E-state index >= 15 is 0 Å². The van der Waals surface area contributed by atoms with Crippen LogP contribution in [0.3, 0.4) is 0 Å². The van der Waals surface area contributed by atoms with Gasteiger partial charge < -0.3 is 37.7 Å². The molecule has 0 fully saturated rings. The third-order valence-electron chi connectivity index (χ3n) is 0. The molecule has 0 saturated carbocycles. The zero-order valence-corrected chi connectivity index (χ0v) is 10.6. The summed E-state index contributed by atoms with van der Waals surface area (Å²) in [6, 6.07) is 0. The second-order valence-electron chi connectivity index (χ2n) is 0.250. The third kappa shape index (κ3) is 1390. The van der Waals surface area contributed by atoms with Crippen LogP contribution in [0.1, 0.15) is 0 Å². The van der Waals surface area contributed by atoms with E-state index in [4.69, 9.17) is 37.7 Å². The Bertz CT molecular complexity index is 85.0. The van der Waals surface area contributed by atoms with E-state index in [1.807, 2.05) is 0 Å². The molecular formula is C2N2Na2O3Si-2. The first kappa shape index (κ1) is 31.2. The fourth-order valence-corrected chi connectivity index (χ4v) is 0. The maximum Gasteiger partial charge on any atom is 1.00 e. The molecule has 0 aromatic heterocycles. The number of rotatable bonds is 0. The van der Waals surface area contributed by atoms with Crippen molar-refractivity contribution in [3.8, 4) is 0 Å². The van der Waals surface area contributed by atoms with Crippen LogP contribution in [0.5, 0.6) is 0 Å². The maximum absolute atomic E-state index is 8.52. The van der Waals surface area contributed by atoms with Crippen LogP contribution in [-0.4, -0.2) is 9.17 Å². The molecule has 10 heavy (non-hydrogen) atoms. The third-order valence-corrected chi connectivity index (χ3v) is 0. The first-order chi connectivity index (χ1) is 3.73. The van der Waals surface area contributed by atoms with Gasteiger partial charge in [0.1, 0.15) is 0 Å². The SMILES string of the molecule is O=[Si]([O-])[O-].[C-]#N.[C-]#N.[Na+].[Na+]. The zero-order chi connectivity index (χ0) is 7.58. The van der Waals surface area contributed by atoms with Gasteiger partial charge in [-0.05, 0) is 0 Å². The molecule has 0 radical (unpaired) electrons. The summed E-state index contributed by atoms with van der Waals surface area (Å²) in [5.74, 6) is 0. The maximum atomic E-state index is 8.52. The summed E-state index contributed by atoms with van der Waals surface area (Å²) in [6.07, 6.45) is 0. The van der Waals surface area contributed by atoms with E-state index in [9.17, 15) is 0 Å². The molecule has 0 bridgehead atoms. The smallest absolute Gasteiger partial charge is 0.672 e. The molecule has 0 aliphatic carbocycles. The molecule has 0 aliphatic rings. The van der Waals surface area contributed by atoms with Crippen molar-refractivity contribution >= 4 is 9.17 Å². The van der Waals surface area contributed by atoms with E-state index in [-0.39, 0.29) is 59.1 Å². The Morgan fingerprint density at radius 2 is 1.00 bits per heavy atom. The Morgan fingerprint density at radius 1 is 1.00 bits per heavy atom. The van der Waals surface area contributed by atoms with E-state index in [1.54, 1.807) is 0 Å². The average molecular weight is 174 g/mol. The van der Waals surface area contributed by atoms with E-state index in [1.165, 1.54) is 0 Å². The van der Waals surface area contributed by atoms with Crippen molar-refractivity contribution in [1.29, 1.82) is 10.5 Å². The second-order valence-corrected chi connectivity index (χ2v) is 0.750. The molecular weight excluding hydrogens is 174 g/mol. The minimum Gasteiger partial charge on any atom is -0.672 e. The molecule has 0 aromatic rings. The summed E-state index contributed by atoms with van der Waals surface area (Å²) in [6.45, 7) is 9.50. The van der Waals surface area contributed by atoms with Gasteiger partial charge in [-0.15, -0.1) is 0 Å². The minimum atomic E-state index is -3.63. The largest absolute Gasteiger partial charge is 1.00 e. The quantitative estimate of drug-likeness (QED) is 0.267. The molecule has 0 unspecified atom stereocenters. The summed E-state index contributed by atoms with van der Waals surface area (Å²) in [4.78, 5) is 17.0. The number of nitrogens with zero attached hydrogens (tertiary/aromatic N) is 2. The van der Waals surface area contributed by atoms with Crippen molar-refractivity contribution in [2.45, 2.75) is 0 Å². The van der Waals surface area contributed by atoms with E-state index in [2.05, 4.69) is 0 Å². The van der Waals surface area contributed by atoms with Crippen LogP contribution in [0, 0.1) is 23.7 Å². The molecule has 0 heterocycles. The molecule has 0 rings (SSSR count). The van der Waals surface area contributed by atoms with Crippen molar-refractivity contribution in [1.82, 2.24) is 0 Å². The fraction of sp³-hybridized carbons (Fsp3) is 0. The van der Waals surface area contributed by atoms with Crippen LogP contribution < -0.4 is 68.7 Å². The van der Waals surface area contributed by atoms with E-state index in [0.717, 1.165) is 0 Å². The summed E-state index contributed by atoms with van der Waals surface area (Å²) < 4.78 is 8.52. The summed E-state index contributed by atoms with van der Waals surface area (Å²) in [5, 5.41) is 12.5. The number of hydrogen-bond donors (Lipinski definition) is 0. The van der Waals surface area contributed by atoms with Crippen molar-refractivity contribution in [3.05, 3.63) is 13.1 Å². The van der Waals surface area contributed by atoms with Crippen molar-refractivity contribution in [2.24, 2.45) is 0 Å². The molecule has 0 N–H and O–H groups in total. The predicted octanol–water partition coefficient (Wildman–Crippen LogP) is -8.68. The Morgan fingerprint density at radius 3 is 1.00 bits per heavy atom. The topological polar surface area (TPSA) is 111 Å². The molecule has 0 amide bonds. The van der Waals surface area contributed by atoms with Crippen molar-refractivity contribution in [2.75, 3.05) is 0 Å². The zero-order valence-electron chi connectivity index (χ0n) is 5.62. The molecule has 0 aliphatic heterocycles. The first-order valence-electron chi connectivity index (χ1n) is 1.06. The van der Waals surface area contributed by atoms with Crippen molar-refractivity contribution < 1.29 is 73.2 Å². The van der Waals surface area contributed by atoms with Gasteiger partial charge in [0.25, 0.3) is 0 Å². The van der Waals surface area contributed by atoms with Gasteiger partial charge in [-0.25, -0.2) is 0 Å². The van der Waals surface area contributed by atoms with Crippen LogP contribution in [0.15, 0.2) is 0 Å². The Balaban J connectivity index is -0.0000000125. The standard InChI is InChI=1S/2CN.2Na.O3Si/c2*1-2;;;1-4(2)3/q2*-1;2*+1;-2. The van der Waals surface area contributed by atoms with Gasteiger partial charge in [0, 0.05) is 9.17 Å². The Labute approximate surface area is 105 Å². The average Bonchev–Trinajstić information content (AvgIpc) is 1.75. The van der Waals surface area contributed by atoms with Gasteiger partial charge in [0.2, 0.25) is 0 Å². The van der Waals surface area contributed by atoms with Crippen LogP contribution in [0.2, 0.25) is 0 Å². The van der Waals surface area contributed by atoms with Crippen LogP contribution in [-0.2, 0) is 4.46 Å². The summed E-state index contributed by atoms with van der Waals surface area (Å²) in [7, 11) is -3.63.